The molecule has 1 aromatic rings. The molecule has 0 bridgehead atoms. The Bertz CT molecular complexity index is 408. The van der Waals surface area contributed by atoms with Crippen molar-refractivity contribution >= 4 is 5.87 Å². The maximum absolute atomic E-state index is 9.24. The van der Waals surface area contributed by atoms with Crippen LogP contribution in [0.3, 0.4) is 0 Å². The molecule has 0 radical (unpaired) electrons. The molecule has 0 unspecified atom stereocenters. The lowest BCUT2D eigenvalue weighted by molar-refractivity contribution is -0.671. The minimum Gasteiger partial charge on any atom is -0.761 e. The Balaban J connectivity index is 0.000000265. The summed E-state index contributed by atoms with van der Waals surface area (Å²) in [5.41, 5.74) is -0.639. The first-order valence-electron chi connectivity index (χ1n) is 4.19. The Morgan fingerprint density at radius 3 is 2.53 bits per heavy atom. The van der Waals surface area contributed by atoms with Gasteiger partial charge in [-0.05, 0) is 12.1 Å². The summed E-state index contributed by atoms with van der Waals surface area (Å²) in [6, 6.07) is 1.28. The summed E-state index contributed by atoms with van der Waals surface area (Å²) in [5, 5.41) is 17.5. The predicted octanol–water partition coefficient (Wildman–Crippen LogP) is 0.732. The van der Waals surface area contributed by atoms with Gasteiger partial charge in [-0.3, -0.25) is 0 Å². The van der Waals surface area contributed by atoms with Gasteiger partial charge in [-0.25, -0.2) is 15.0 Å². The number of nitriles is 1. The van der Waals surface area contributed by atoms with E-state index in [0.717, 1.165) is 6.54 Å². The normalized spacial score (nSPS) is 7.80. The zero-order valence-electron chi connectivity index (χ0n) is 8.58. The summed E-state index contributed by atoms with van der Waals surface area (Å²) in [6.45, 7) is 3.18. The first kappa shape index (κ1) is 12.8. The third kappa shape index (κ3) is 5.13. The summed E-state index contributed by atoms with van der Waals surface area (Å²) in [6.07, 6.45) is 6.14. The minimum atomic E-state index is -0.639. The van der Waals surface area contributed by atoms with Crippen LogP contribution in [0.25, 0.3) is 5.41 Å². The van der Waals surface area contributed by atoms with E-state index in [1.807, 2.05) is 17.8 Å². The monoisotopic (exact) mass is 205 g/mol. The number of nitrogens with zero attached hydrogens (tertiary/aromatic N) is 5. The predicted molar refractivity (Wildman–Crippen MR) is 54.6 cm³/mol. The van der Waals surface area contributed by atoms with Gasteiger partial charge in [0.25, 0.3) is 0 Å². The molecule has 0 saturated heterocycles. The quantitative estimate of drug-likeness (QED) is 0.308. The summed E-state index contributed by atoms with van der Waals surface area (Å²) in [7, 11) is 2.02. The summed E-state index contributed by atoms with van der Waals surface area (Å²) >= 11 is 0. The lowest BCUT2D eigenvalue weighted by Gasteiger charge is -1.81. The molecule has 0 atom stereocenters. The van der Waals surface area contributed by atoms with Crippen LogP contribution in [0.1, 0.15) is 6.92 Å². The maximum atomic E-state index is 9.24. The topological polar surface area (TPSA) is 84.3 Å². The van der Waals surface area contributed by atoms with Crippen LogP contribution in [0.5, 0.6) is 0 Å². The Kier molecular flexibility index (Phi) is 6.10. The van der Waals surface area contributed by atoms with E-state index in [4.69, 9.17) is 10.7 Å². The minimum absolute atomic E-state index is 0.639. The standard InChI is InChI=1S/C6H11N2.C3N3O/c1-3-8-5-4-7(2)6-8;4-1-3(2-5)6-7/h4-6H,3H2,1-2H3;/q+1;-1. The molecule has 0 aromatic carbocycles. The number of rotatable bonds is 2. The molecular weight excluding hydrogens is 194 g/mol. The van der Waals surface area contributed by atoms with Gasteiger partial charge in [-0.1, -0.05) is 0 Å². The first-order chi connectivity index (χ1) is 7.17. The molecule has 0 spiro atoms. The van der Waals surface area contributed by atoms with Crippen molar-refractivity contribution in [2.24, 2.45) is 12.2 Å². The lowest BCUT2D eigenvalue weighted by Crippen LogP contribution is -2.23. The van der Waals surface area contributed by atoms with Gasteiger partial charge < -0.3 is 5.41 Å². The highest BCUT2D eigenvalue weighted by Gasteiger charge is 1.92. The second kappa shape index (κ2) is 7.18. The summed E-state index contributed by atoms with van der Waals surface area (Å²) in [4.78, 5) is 9.24. The van der Waals surface area contributed by atoms with Gasteiger partial charge >= 0.3 is 0 Å². The average molecular weight is 205 g/mol. The smallest absolute Gasteiger partial charge is 0.243 e. The van der Waals surface area contributed by atoms with E-state index >= 15 is 0 Å². The highest BCUT2D eigenvalue weighted by Crippen LogP contribution is 1.81. The number of imidazole rings is 1. The first-order valence-corrected chi connectivity index (χ1v) is 4.19. The number of allylic oxidation sites excluding steroid dienone is 1. The van der Waals surface area contributed by atoms with Crippen LogP contribution in [-0.4, -0.2) is 10.4 Å². The number of aryl methyl sites for hydroxylation is 2. The number of hydrogen-bond donors (Lipinski definition) is 0. The van der Waals surface area contributed by atoms with Crippen LogP contribution >= 0.6 is 0 Å². The molecule has 15 heavy (non-hydrogen) atoms. The number of nitroso groups, excluding NO2 is 1. The van der Waals surface area contributed by atoms with Gasteiger partial charge in [0, 0.05) is 0 Å². The van der Waals surface area contributed by atoms with Gasteiger partial charge in [0.15, 0.2) is 0 Å². The van der Waals surface area contributed by atoms with Gasteiger partial charge in [0.05, 0.1) is 13.6 Å². The van der Waals surface area contributed by atoms with Gasteiger partial charge in [-0.2, -0.15) is 5.26 Å². The molecule has 0 amide bonds. The molecular formula is C9H11N5O. The van der Waals surface area contributed by atoms with Crippen molar-refractivity contribution in [3.8, 4) is 6.07 Å². The number of hydrogen-bond acceptors (Lipinski definition) is 3. The fourth-order valence-electron chi connectivity index (χ4n) is 0.755. The Labute approximate surface area is 87.6 Å². The number of aromatic nitrogens is 2. The van der Waals surface area contributed by atoms with Crippen molar-refractivity contribution in [3.63, 3.8) is 0 Å². The van der Waals surface area contributed by atoms with E-state index in [2.05, 4.69) is 29.2 Å². The average Bonchev–Trinajstić information content (AvgIpc) is 2.68. The second-order valence-corrected chi connectivity index (χ2v) is 2.57. The molecule has 1 heterocycles. The molecule has 0 fully saturated rings. The SMILES string of the molecule is CCn1cc[n+](C)c1.N#CC(=C=[N-])N=O. The van der Waals surface area contributed by atoms with Gasteiger partial charge in [0.2, 0.25) is 12.0 Å². The van der Waals surface area contributed by atoms with Gasteiger partial charge in [-0.15, -0.1) is 4.91 Å². The second-order valence-electron chi connectivity index (χ2n) is 2.57. The molecule has 0 aliphatic carbocycles. The fourth-order valence-corrected chi connectivity index (χ4v) is 0.755. The van der Waals surface area contributed by atoms with Crippen LogP contribution in [0.4, 0.5) is 0 Å². The van der Waals surface area contributed by atoms with Gasteiger partial charge in [0.1, 0.15) is 18.5 Å². The Hall–Kier alpha value is -2.25. The third-order valence-corrected chi connectivity index (χ3v) is 1.49. The zero-order chi connectivity index (χ0) is 11.7. The van der Waals surface area contributed by atoms with E-state index in [0.29, 0.717) is 0 Å². The van der Waals surface area contributed by atoms with Crippen molar-refractivity contribution in [2.75, 3.05) is 0 Å². The van der Waals surface area contributed by atoms with E-state index in [1.54, 1.807) is 0 Å². The van der Waals surface area contributed by atoms with E-state index in [-0.39, 0.29) is 0 Å². The van der Waals surface area contributed by atoms with Crippen LogP contribution in [-0.2, 0) is 13.6 Å². The molecule has 0 saturated carbocycles. The van der Waals surface area contributed by atoms with Crippen LogP contribution < -0.4 is 4.57 Å². The lowest BCUT2D eigenvalue weighted by atomic mass is 10.6. The molecule has 6 heteroatoms. The van der Waals surface area contributed by atoms with Crippen molar-refractivity contribution in [3.05, 3.63) is 34.7 Å². The summed E-state index contributed by atoms with van der Waals surface area (Å²) in [5.74, 6) is 1.28. The highest BCUT2D eigenvalue weighted by atomic mass is 16.3. The van der Waals surface area contributed by atoms with Crippen LogP contribution in [0.2, 0.25) is 0 Å². The molecule has 0 aliphatic rings. The van der Waals surface area contributed by atoms with E-state index < -0.39 is 5.70 Å². The largest absolute Gasteiger partial charge is 0.761 e. The Morgan fingerprint density at radius 1 is 1.73 bits per heavy atom. The third-order valence-electron chi connectivity index (χ3n) is 1.49. The van der Waals surface area contributed by atoms with Crippen molar-refractivity contribution in [1.29, 1.82) is 5.26 Å². The summed E-state index contributed by atoms with van der Waals surface area (Å²) < 4.78 is 4.16. The zero-order valence-corrected chi connectivity index (χ0v) is 8.58. The van der Waals surface area contributed by atoms with Crippen LogP contribution in [0, 0.1) is 16.2 Å². The maximum Gasteiger partial charge on any atom is 0.243 e. The molecule has 0 N–H and O–H groups in total. The molecule has 6 nitrogen and oxygen atoms in total. The molecule has 1 rings (SSSR count). The van der Waals surface area contributed by atoms with E-state index in [9.17, 15) is 4.91 Å². The Morgan fingerprint density at radius 2 is 2.40 bits per heavy atom. The molecule has 78 valence electrons. The molecule has 0 aliphatic heterocycles. The highest BCUT2D eigenvalue weighted by molar-refractivity contribution is 5.64. The van der Waals surface area contributed by atoms with E-state index in [1.165, 1.54) is 11.9 Å². The van der Waals surface area contributed by atoms with Crippen molar-refractivity contribution < 1.29 is 4.57 Å². The fraction of sp³-hybridized carbons (Fsp3) is 0.333. The van der Waals surface area contributed by atoms with Crippen molar-refractivity contribution in [2.45, 2.75) is 13.5 Å². The van der Waals surface area contributed by atoms with Crippen LogP contribution in [0.15, 0.2) is 29.6 Å². The molecule has 1 aromatic heterocycles. The van der Waals surface area contributed by atoms with Crippen molar-refractivity contribution in [1.82, 2.24) is 4.57 Å².